The monoisotopic (exact) mass is 334 g/mol. The van der Waals surface area contributed by atoms with Gasteiger partial charge in [-0.15, -0.1) is 11.3 Å². The van der Waals surface area contributed by atoms with E-state index in [9.17, 15) is 9.59 Å². The first-order valence-corrected chi connectivity index (χ1v) is 7.87. The number of amides is 1. The Kier molecular flexibility index (Phi) is 4.42. The van der Waals surface area contributed by atoms with E-state index in [0.717, 1.165) is 11.3 Å². The Morgan fingerprint density at radius 3 is 2.96 bits per heavy atom. The molecule has 2 aromatic rings. The lowest BCUT2D eigenvalue weighted by Crippen LogP contribution is -2.40. The van der Waals surface area contributed by atoms with E-state index in [4.69, 9.17) is 14.2 Å². The van der Waals surface area contributed by atoms with Gasteiger partial charge in [-0.05, 0) is 19.1 Å². The van der Waals surface area contributed by atoms with Gasteiger partial charge in [0.15, 0.2) is 17.2 Å². The van der Waals surface area contributed by atoms with Crippen molar-refractivity contribution in [1.82, 2.24) is 4.98 Å². The molecule has 1 aliphatic heterocycles. The second-order valence-corrected chi connectivity index (χ2v) is 5.46. The van der Waals surface area contributed by atoms with Crippen molar-refractivity contribution in [2.24, 2.45) is 0 Å². The van der Waals surface area contributed by atoms with Gasteiger partial charge in [-0.2, -0.15) is 0 Å². The number of hydrogen-bond donors (Lipinski definition) is 1. The van der Waals surface area contributed by atoms with Crippen molar-refractivity contribution in [3.8, 4) is 11.5 Å². The molecule has 23 heavy (non-hydrogen) atoms. The zero-order chi connectivity index (χ0) is 16.2. The number of ether oxygens (including phenoxy) is 3. The normalized spacial score (nSPS) is 15.8. The molecule has 0 spiro atoms. The first kappa shape index (κ1) is 15.3. The number of carbonyl (C=O) groups is 2. The minimum atomic E-state index is -0.804. The molecule has 0 bridgehead atoms. The molecule has 0 saturated carbocycles. The topological polar surface area (TPSA) is 86.8 Å². The summed E-state index contributed by atoms with van der Waals surface area (Å²) in [6, 6.07) is 7.12. The molecule has 0 saturated heterocycles. The number of esters is 1. The molecule has 0 radical (unpaired) electrons. The van der Waals surface area contributed by atoms with Crippen molar-refractivity contribution >= 4 is 28.2 Å². The molecule has 1 aromatic carbocycles. The highest BCUT2D eigenvalue weighted by Gasteiger charge is 2.29. The predicted octanol–water partition coefficient (Wildman–Crippen LogP) is 2.10. The molecule has 1 amide bonds. The highest BCUT2D eigenvalue weighted by Crippen LogP contribution is 2.31. The predicted molar refractivity (Wildman–Crippen MR) is 83.1 cm³/mol. The fourth-order valence-corrected chi connectivity index (χ4v) is 2.69. The summed E-state index contributed by atoms with van der Waals surface area (Å²) < 4.78 is 16.0. The van der Waals surface area contributed by atoms with Gasteiger partial charge < -0.3 is 19.5 Å². The van der Waals surface area contributed by atoms with Crippen LogP contribution >= 0.6 is 11.3 Å². The number of fused-ring (bicyclic) bond motifs is 1. The van der Waals surface area contributed by atoms with Crippen molar-refractivity contribution in [2.75, 3.05) is 18.5 Å². The molecule has 0 fully saturated rings. The summed E-state index contributed by atoms with van der Waals surface area (Å²) in [4.78, 5) is 28.0. The van der Waals surface area contributed by atoms with Gasteiger partial charge in [0.1, 0.15) is 11.6 Å². The smallest absolute Gasteiger partial charge is 0.360 e. The molecule has 0 aliphatic carbocycles. The van der Waals surface area contributed by atoms with E-state index in [1.54, 1.807) is 25.1 Å². The number of anilines is 1. The Bertz CT molecular complexity index is 730. The van der Waals surface area contributed by atoms with Crippen LogP contribution in [0.4, 0.5) is 5.00 Å². The molecule has 120 valence electrons. The Hall–Kier alpha value is -2.61. The number of hydrogen-bond acceptors (Lipinski definition) is 7. The van der Waals surface area contributed by atoms with Crippen LogP contribution in [-0.2, 0) is 9.53 Å². The van der Waals surface area contributed by atoms with Crippen LogP contribution in [0.15, 0.2) is 29.8 Å². The lowest BCUT2D eigenvalue weighted by atomic mass is 10.2. The molecular formula is C15H14N2O5S. The molecule has 1 unspecified atom stereocenters. The summed E-state index contributed by atoms with van der Waals surface area (Å²) in [6.45, 7) is 2.03. The maximum absolute atomic E-state index is 12.3. The molecule has 1 aromatic heterocycles. The van der Waals surface area contributed by atoms with Gasteiger partial charge >= 0.3 is 5.97 Å². The van der Waals surface area contributed by atoms with E-state index < -0.39 is 18.0 Å². The van der Waals surface area contributed by atoms with E-state index in [-0.39, 0.29) is 18.9 Å². The van der Waals surface area contributed by atoms with Crippen molar-refractivity contribution < 1.29 is 23.8 Å². The summed E-state index contributed by atoms with van der Waals surface area (Å²) in [5.74, 6) is 0.125. The molecule has 7 nitrogen and oxygen atoms in total. The third-order valence-corrected chi connectivity index (χ3v) is 3.82. The molecule has 1 aliphatic rings. The average molecular weight is 334 g/mol. The van der Waals surface area contributed by atoms with Gasteiger partial charge in [-0.3, -0.25) is 4.79 Å². The largest absolute Gasteiger partial charge is 0.485 e. The van der Waals surface area contributed by atoms with Crippen LogP contribution in [0.5, 0.6) is 11.5 Å². The van der Waals surface area contributed by atoms with Crippen molar-refractivity contribution in [3.63, 3.8) is 0 Å². The fraction of sp³-hybridized carbons (Fsp3) is 0.267. The summed E-state index contributed by atoms with van der Waals surface area (Å²) in [7, 11) is 0. The van der Waals surface area contributed by atoms with E-state index in [0.29, 0.717) is 16.5 Å². The van der Waals surface area contributed by atoms with Gasteiger partial charge in [0.25, 0.3) is 5.91 Å². The molecular weight excluding hydrogens is 320 g/mol. The summed E-state index contributed by atoms with van der Waals surface area (Å²) >= 11 is 1.14. The van der Waals surface area contributed by atoms with Gasteiger partial charge in [0, 0.05) is 0 Å². The molecule has 1 atom stereocenters. The number of benzene rings is 1. The third kappa shape index (κ3) is 3.26. The van der Waals surface area contributed by atoms with Crippen LogP contribution < -0.4 is 14.8 Å². The number of aromatic nitrogens is 1. The number of rotatable bonds is 4. The lowest BCUT2D eigenvalue weighted by molar-refractivity contribution is -0.125. The quantitative estimate of drug-likeness (QED) is 0.862. The number of para-hydroxylation sites is 2. The zero-order valence-electron chi connectivity index (χ0n) is 12.3. The van der Waals surface area contributed by atoms with E-state index >= 15 is 0 Å². The molecule has 2 heterocycles. The minimum Gasteiger partial charge on any atom is -0.485 e. The Morgan fingerprint density at radius 1 is 1.39 bits per heavy atom. The first-order valence-electron chi connectivity index (χ1n) is 6.99. The van der Waals surface area contributed by atoms with Crippen LogP contribution in [0.25, 0.3) is 0 Å². The SMILES string of the molecule is CCOC(=O)c1ncsc1NC(=O)C1COc2ccccc2O1. The summed E-state index contributed by atoms with van der Waals surface area (Å²) in [5, 5.41) is 2.97. The zero-order valence-corrected chi connectivity index (χ0v) is 13.1. The summed E-state index contributed by atoms with van der Waals surface area (Å²) in [6.07, 6.45) is -0.804. The van der Waals surface area contributed by atoms with Crippen molar-refractivity contribution in [3.05, 3.63) is 35.5 Å². The van der Waals surface area contributed by atoms with Gasteiger partial charge in [-0.1, -0.05) is 12.1 Å². The van der Waals surface area contributed by atoms with Crippen LogP contribution in [0, 0.1) is 0 Å². The van der Waals surface area contributed by atoms with E-state index in [1.807, 2.05) is 6.07 Å². The lowest BCUT2D eigenvalue weighted by Gasteiger charge is -2.25. The minimum absolute atomic E-state index is 0.0855. The highest BCUT2D eigenvalue weighted by molar-refractivity contribution is 7.14. The summed E-state index contributed by atoms with van der Waals surface area (Å²) in [5.41, 5.74) is 1.55. The highest BCUT2D eigenvalue weighted by atomic mass is 32.1. The van der Waals surface area contributed by atoms with E-state index in [1.165, 1.54) is 5.51 Å². The second-order valence-electron chi connectivity index (χ2n) is 4.60. The second kappa shape index (κ2) is 6.66. The standard InChI is InChI=1S/C15H14N2O5S/c1-2-20-15(19)12-14(23-8-16-12)17-13(18)11-7-21-9-5-3-4-6-10(9)22-11/h3-6,8,11H,2,7H2,1H3,(H,17,18). The van der Waals surface area contributed by atoms with Gasteiger partial charge in [0.2, 0.25) is 6.10 Å². The van der Waals surface area contributed by atoms with Crippen LogP contribution in [-0.4, -0.2) is 36.2 Å². The van der Waals surface area contributed by atoms with E-state index in [2.05, 4.69) is 10.3 Å². The fourth-order valence-electron chi connectivity index (χ4n) is 2.02. The number of thiazole rings is 1. The maximum atomic E-state index is 12.3. The Morgan fingerprint density at radius 2 is 2.17 bits per heavy atom. The molecule has 8 heteroatoms. The van der Waals surface area contributed by atoms with Crippen LogP contribution in [0.2, 0.25) is 0 Å². The van der Waals surface area contributed by atoms with Crippen LogP contribution in [0.1, 0.15) is 17.4 Å². The Balaban J connectivity index is 1.69. The number of carbonyl (C=O) groups excluding carboxylic acids is 2. The Labute approximate surface area is 136 Å². The third-order valence-electron chi connectivity index (χ3n) is 3.07. The number of nitrogens with one attached hydrogen (secondary N) is 1. The first-order chi connectivity index (χ1) is 11.2. The maximum Gasteiger partial charge on any atom is 0.360 e. The van der Waals surface area contributed by atoms with Crippen LogP contribution in [0.3, 0.4) is 0 Å². The average Bonchev–Trinajstić information content (AvgIpc) is 3.03. The van der Waals surface area contributed by atoms with Gasteiger partial charge in [0.05, 0.1) is 12.1 Å². The molecule has 1 N–H and O–H groups in total. The number of nitrogens with zero attached hydrogens (tertiary/aromatic N) is 1. The molecule has 3 rings (SSSR count). The van der Waals surface area contributed by atoms with Gasteiger partial charge in [-0.25, -0.2) is 9.78 Å². The van der Waals surface area contributed by atoms with Crippen molar-refractivity contribution in [1.29, 1.82) is 0 Å². The van der Waals surface area contributed by atoms with Crippen molar-refractivity contribution in [2.45, 2.75) is 13.0 Å².